The van der Waals surface area contributed by atoms with Gasteiger partial charge in [-0.25, -0.2) is 0 Å². The third-order valence-electron chi connectivity index (χ3n) is 10.2. The van der Waals surface area contributed by atoms with Gasteiger partial charge in [0.05, 0.1) is 0 Å². The molecule has 4 aliphatic heterocycles. The van der Waals surface area contributed by atoms with Crippen LogP contribution in [0, 0.1) is 6.92 Å². The molecule has 0 aliphatic carbocycles. The third-order valence-corrected chi connectivity index (χ3v) is 10.2. The highest BCUT2D eigenvalue weighted by Crippen LogP contribution is 2.49. The first-order valence-corrected chi connectivity index (χ1v) is 16.8. The molecule has 0 N–H and O–H groups in total. The predicted molar refractivity (Wildman–Crippen MR) is 195 cm³/mol. The Labute approximate surface area is 282 Å². The summed E-state index contributed by atoms with van der Waals surface area (Å²) in [6.07, 6.45) is 0. The van der Waals surface area contributed by atoms with Crippen LogP contribution in [0.15, 0.2) is 84.9 Å². The molecule has 7 heteroatoms. The van der Waals surface area contributed by atoms with Crippen molar-refractivity contribution in [1.82, 2.24) is 0 Å². The summed E-state index contributed by atoms with van der Waals surface area (Å²) in [7, 11) is 0. The molecule has 0 unspecified atom stereocenters. The molecule has 9 rings (SSSR count). The smallest absolute Gasteiger partial charge is 0.252 e. The van der Waals surface area contributed by atoms with Crippen LogP contribution in [-0.2, 0) is 10.8 Å². The van der Waals surface area contributed by atoms with Crippen LogP contribution < -0.4 is 45.1 Å². The zero-order chi connectivity index (χ0) is 33.1. The fourth-order valence-electron chi connectivity index (χ4n) is 7.68. The van der Waals surface area contributed by atoms with E-state index in [1.54, 1.807) is 0 Å². The highest BCUT2D eigenvalue weighted by molar-refractivity contribution is 7.00. The Bertz CT molecular complexity index is 1980. The molecule has 4 aliphatic rings. The van der Waals surface area contributed by atoms with Gasteiger partial charge >= 0.3 is 0 Å². The molecule has 48 heavy (non-hydrogen) atoms. The van der Waals surface area contributed by atoms with E-state index in [0.29, 0.717) is 0 Å². The summed E-state index contributed by atoms with van der Waals surface area (Å²) in [5, 5.41) is 0. The summed E-state index contributed by atoms with van der Waals surface area (Å²) in [5.74, 6) is 3.08. The second-order valence-electron chi connectivity index (χ2n) is 15.4. The summed E-state index contributed by atoms with van der Waals surface area (Å²) >= 11 is 0. The van der Waals surface area contributed by atoms with E-state index in [-0.39, 0.29) is 31.1 Å². The van der Waals surface area contributed by atoms with Crippen LogP contribution in [0.1, 0.15) is 58.2 Å². The number of hydrogen-bond acceptors (Lipinski definition) is 6. The van der Waals surface area contributed by atoms with Crippen LogP contribution in [0.5, 0.6) is 23.0 Å². The molecule has 0 aromatic heterocycles. The molecule has 4 heterocycles. The summed E-state index contributed by atoms with van der Waals surface area (Å²) in [5.41, 5.74) is 14.2. The Balaban J connectivity index is 1.34. The highest BCUT2D eigenvalue weighted by Gasteiger charge is 2.45. The zero-order valence-electron chi connectivity index (χ0n) is 28.6. The van der Waals surface area contributed by atoms with Gasteiger partial charge in [-0.1, -0.05) is 65.8 Å². The second kappa shape index (κ2) is 9.99. The number of rotatable bonds is 2. The first kappa shape index (κ1) is 29.1. The van der Waals surface area contributed by atoms with Crippen molar-refractivity contribution in [2.45, 2.75) is 59.3 Å². The maximum atomic E-state index is 6.00. The molecule has 0 fully saturated rings. The summed E-state index contributed by atoms with van der Waals surface area (Å²) < 4.78 is 24.0. The first-order valence-electron chi connectivity index (χ1n) is 16.8. The summed E-state index contributed by atoms with van der Waals surface area (Å²) in [4.78, 5) is 4.82. The molecule has 0 atom stereocenters. The van der Waals surface area contributed by atoms with Crippen LogP contribution >= 0.6 is 0 Å². The minimum absolute atomic E-state index is 0.0523. The maximum absolute atomic E-state index is 6.00. The van der Waals surface area contributed by atoms with Crippen LogP contribution in [0.2, 0.25) is 0 Å². The van der Waals surface area contributed by atoms with E-state index in [2.05, 4.69) is 143 Å². The zero-order valence-corrected chi connectivity index (χ0v) is 28.6. The standard InChI is InChI=1S/C41H39BN2O4/c1-24-16-33-39-34(17-24)44(28-14-10-26(11-15-28)41(5,6)7)32-21-38-36(46-23-48-38)19-30(32)42(39)29-18-35-37(47-22-45-35)20-31(29)43(33)27-12-8-25(9-13-27)40(2,3)4/h8-21H,22-23H2,1-7H3. The molecule has 240 valence electrons. The van der Waals surface area contributed by atoms with Crippen molar-refractivity contribution in [1.29, 1.82) is 0 Å². The van der Waals surface area contributed by atoms with Gasteiger partial charge in [0.2, 0.25) is 13.6 Å². The van der Waals surface area contributed by atoms with Crippen LogP contribution in [0.25, 0.3) is 0 Å². The quantitative estimate of drug-likeness (QED) is 0.179. The predicted octanol–water partition coefficient (Wildman–Crippen LogP) is 8.13. The number of ether oxygens (including phenoxy) is 4. The average Bonchev–Trinajstić information content (AvgIpc) is 3.71. The molecule has 0 radical (unpaired) electrons. The topological polar surface area (TPSA) is 43.4 Å². The lowest BCUT2D eigenvalue weighted by Gasteiger charge is -2.44. The SMILES string of the molecule is Cc1cc2c3c(c1)N(c1ccc(C(C)(C)C)cc1)c1cc4c(cc1B3c1cc3c(cc1N2c1ccc(C(C)(C)C)cc1)OCO3)OCO4. The van der Waals surface area contributed by atoms with Gasteiger partial charge in [0.1, 0.15) is 0 Å². The van der Waals surface area contributed by atoms with E-state index in [1.165, 1.54) is 33.1 Å². The molecular formula is C41H39BN2O4. The molecule has 0 bridgehead atoms. The molecular weight excluding hydrogens is 595 g/mol. The Kier molecular flexibility index (Phi) is 6.06. The van der Waals surface area contributed by atoms with Gasteiger partial charge in [-0.05, 0) is 99.4 Å². The van der Waals surface area contributed by atoms with Crippen molar-refractivity contribution in [2.24, 2.45) is 0 Å². The molecule has 5 aromatic carbocycles. The van der Waals surface area contributed by atoms with Crippen molar-refractivity contribution in [3.05, 3.63) is 102 Å². The second-order valence-corrected chi connectivity index (χ2v) is 15.4. The van der Waals surface area contributed by atoms with Gasteiger partial charge < -0.3 is 28.7 Å². The number of hydrogen-bond donors (Lipinski definition) is 0. The van der Waals surface area contributed by atoms with E-state index in [4.69, 9.17) is 18.9 Å². The lowest BCUT2D eigenvalue weighted by Crippen LogP contribution is -2.61. The summed E-state index contributed by atoms with van der Waals surface area (Å²) in [6.45, 7) is 16.1. The van der Waals surface area contributed by atoms with Crippen LogP contribution in [0.4, 0.5) is 34.1 Å². The first-order chi connectivity index (χ1) is 23.0. The van der Waals surface area contributed by atoms with Crippen molar-refractivity contribution in [3.8, 4) is 23.0 Å². The number of nitrogens with zero attached hydrogens (tertiary/aromatic N) is 2. The third kappa shape index (κ3) is 4.33. The molecule has 5 aromatic rings. The van der Waals surface area contributed by atoms with Gasteiger partial charge in [0, 0.05) is 46.3 Å². The lowest BCUT2D eigenvalue weighted by molar-refractivity contribution is 0.173. The molecule has 0 amide bonds. The van der Waals surface area contributed by atoms with E-state index < -0.39 is 0 Å². The van der Waals surface area contributed by atoms with E-state index in [9.17, 15) is 0 Å². The van der Waals surface area contributed by atoms with E-state index >= 15 is 0 Å². The number of benzene rings is 5. The fraction of sp³-hybridized carbons (Fsp3) is 0.268. The van der Waals surface area contributed by atoms with Gasteiger partial charge in [0.25, 0.3) is 6.71 Å². The number of anilines is 6. The lowest BCUT2D eigenvalue weighted by atomic mass is 9.33. The highest BCUT2D eigenvalue weighted by atomic mass is 16.7. The molecule has 0 saturated heterocycles. The van der Waals surface area contributed by atoms with Crippen LogP contribution in [-0.4, -0.2) is 20.3 Å². The Morgan fingerprint density at radius 3 is 1.25 bits per heavy atom. The van der Waals surface area contributed by atoms with Gasteiger partial charge in [-0.3, -0.25) is 0 Å². The molecule has 0 spiro atoms. The number of aryl methyl sites for hydroxylation is 1. The largest absolute Gasteiger partial charge is 0.454 e. The van der Waals surface area contributed by atoms with Crippen molar-refractivity contribution < 1.29 is 18.9 Å². The van der Waals surface area contributed by atoms with Gasteiger partial charge in [0.15, 0.2) is 23.0 Å². The van der Waals surface area contributed by atoms with Crippen molar-refractivity contribution >= 4 is 57.2 Å². The average molecular weight is 635 g/mol. The van der Waals surface area contributed by atoms with Crippen molar-refractivity contribution in [2.75, 3.05) is 23.4 Å². The van der Waals surface area contributed by atoms with E-state index in [0.717, 1.165) is 57.1 Å². The normalized spacial score (nSPS) is 15.4. The Hall–Kier alpha value is -5.04. The minimum Gasteiger partial charge on any atom is -0.454 e. The Morgan fingerprint density at radius 2 is 0.875 bits per heavy atom. The molecule has 0 saturated carbocycles. The minimum atomic E-state index is -0.0696. The van der Waals surface area contributed by atoms with Crippen LogP contribution in [0.3, 0.4) is 0 Å². The Morgan fingerprint density at radius 1 is 0.500 bits per heavy atom. The summed E-state index contributed by atoms with van der Waals surface area (Å²) in [6, 6.07) is 31.4. The van der Waals surface area contributed by atoms with Crippen molar-refractivity contribution in [3.63, 3.8) is 0 Å². The van der Waals surface area contributed by atoms with Gasteiger partial charge in [-0.2, -0.15) is 0 Å². The molecule has 6 nitrogen and oxygen atoms in total. The monoisotopic (exact) mass is 634 g/mol. The maximum Gasteiger partial charge on any atom is 0.252 e. The fourth-order valence-corrected chi connectivity index (χ4v) is 7.68. The van der Waals surface area contributed by atoms with E-state index in [1.807, 2.05) is 0 Å². The van der Waals surface area contributed by atoms with Gasteiger partial charge in [-0.15, -0.1) is 0 Å². The number of fused-ring (bicyclic) bond motifs is 6.